The summed E-state index contributed by atoms with van der Waals surface area (Å²) >= 11 is 6.46. The maximum Gasteiger partial charge on any atom is 0.225 e. The molecule has 0 radical (unpaired) electrons. The molecule has 0 bridgehead atoms. The van der Waals surface area contributed by atoms with Gasteiger partial charge in [-0.2, -0.15) is 0 Å². The summed E-state index contributed by atoms with van der Waals surface area (Å²) in [5.41, 5.74) is 3.47. The van der Waals surface area contributed by atoms with E-state index in [1.54, 1.807) is 37.8 Å². The first-order chi connectivity index (χ1) is 16.0. The van der Waals surface area contributed by atoms with Crippen LogP contribution in [0.4, 0.5) is 10.2 Å². The fraction of sp³-hybridized carbons (Fsp3) is 0.333. The lowest BCUT2D eigenvalue weighted by molar-refractivity contribution is -0.132. The number of nitrogens with zero attached hydrogens (tertiary/aromatic N) is 5. The largest absolute Gasteiger partial charge is 0.384 e. The molecule has 0 spiro atoms. The standard InChI is InChI=1S/C24H25ClFN5O2/c1-16-13-17(26)3-4-18(16)23-24(19-5-7-27-14-20(19)25)29-21(15-28-23)30-8-10-31(11-9-30)22(32)6-12-33-2/h3-5,7,13-15H,6,8-12H2,1-2H3. The lowest BCUT2D eigenvalue weighted by Crippen LogP contribution is -2.49. The molecule has 1 aromatic carbocycles. The summed E-state index contributed by atoms with van der Waals surface area (Å²) < 4.78 is 18.7. The SMILES string of the molecule is COCCC(=O)N1CCN(c2cnc(-c3ccc(F)cc3C)c(-c3ccncc3Cl)n2)CC1. The number of ether oxygens (including phenoxy) is 1. The number of methoxy groups -OCH3 is 1. The van der Waals surface area contributed by atoms with Crippen LogP contribution in [0, 0.1) is 12.7 Å². The number of hydrogen-bond donors (Lipinski definition) is 0. The van der Waals surface area contributed by atoms with Crippen molar-refractivity contribution in [1.82, 2.24) is 19.9 Å². The molecule has 1 aliphatic heterocycles. The first-order valence-corrected chi connectivity index (χ1v) is 11.1. The topological polar surface area (TPSA) is 71.5 Å². The smallest absolute Gasteiger partial charge is 0.225 e. The van der Waals surface area contributed by atoms with Gasteiger partial charge in [-0.15, -0.1) is 0 Å². The van der Waals surface area contributed by atoms with Gasteiger partial charge in [-0.3, -0.25) is 14.8 Å². The molecule has 7 nitrogen and oxygen atoms in total. The summed E-state index contributed by atoms with van der Waals surface area (Å²) in [5, 5.41) is 0.457. The van der Waals surface area contributed by atoms with Gasteiger partial charge in [0.2, 0.25) is 5.91 Å². The Hall–Kier alpha value is -3.10. The van der Waals surface area contributed by atoms with Gasteiger partial charge in [0, 0.05) is 56.8 Å². The van der Waals surface area contributed by atoms with E-state index in [1.807, 2.05) is 11.8 Å². The van der Waals surface area contributed by atoms with Gasteiger partial charge in [0.25, 0.3) is 0 Å². The second-order valence-electron chi connectivity index (χ2n) is 7.85. The summed E-state index contributed by atoms with van der Waals surface area (Å²) in [6, 6.07) is 6.39. The molecule has 3 aromatic rings. The minimum absolute atomic E-state index is 0.0916. The maximum atomic E-state index is 13.7. The van der Waals surface area contributed by atoms with Crippen molar-refractivity contribution in [3.63, 3.8) is 0 Å². The maximum absolute atomic E-state index is 13.7. The van der Waals surface area contributed by atoms with Crippen LogP contribution in [0.25, 0.3) is 22.5 Å². The fourth-order valence-corrected chi connectivity index (χ4v) is 4.12. The number of piperazine rings is 1. The number of anilines is 1. The number of amides is 1. The second-order valence-corrected chi connectivity index (χ2v) is 8.26. The van der Waals surface area contributed by atoms with Crippen molar-refractivity contribution in [1.29, 1.82) is 0 Å². The van der Waals surface area contributed by atoms with Gasteiger partial charge in [0.05, 0.1) is 29.9 Å². The Balaban J connectivity index is 1.66. The van der Waals surface area contributed by atoms with Crippen molar-refractivity contribution in [2.75, 3.05) is 44.8 Å². The summed E-state index contributed by atoms with van der Waals surface area (Å²) in [6.07, 6.45) is 5.32. The molecular weight excluding hydrogens is 445 g/mol. The predicted octanol–water partition coefficient (Wildman–Crippen LogP) is 3.99. The molecule has 0 saturated carbocycles. The minimum atomic E-state index is -0.303. The molecular formula is C24H25ClFN5O2. The van der Waals surface area contributed by atoms with E-state index in [9.17, 15) is 9.18 Å². The van der Waals surface area contributed by atoms with Crippen molar-refractivity contribution in [3.05, 3.63) is 59.3 Å². The van der Waals surface area contributed by atoms with Crippen molar-refractivity contribution in [2.45, 2.75) is 13.3 Å². The van der Waals surface area contributed by atoms with Crippen LogP contribution in [0.3, 0.4) is 0 Å². The molecule has 3 heterocycles. The third-order valence-electron chi connectivity index (χ3n) is 5.71. The first kappa shape index (κ1) is 23.1. The number of benzene rings is 1. The van der Waals surface area contributed by atoms with Crippen LogP contribution in [0.1, 0.15) is 12.0 Å². The fourth-order valence-electron chi connectivity index (χ4n) is 3.91. The highest BCUT2D eigenvalue weighted by Gasteiger charge is 2.24. The van der Waals surface area contributed by atoms with E-state index in [0.29, 0.717) is 67.0 Å². The lowest BCUT2D eigenvalue weighted by Gasteiger charge is -2.35. The van der Waals surface area contributed by atoms with Crippen LogP contribution in [0.5, 0.6) is 0 Å². The van der Waals surface area contributed by atoms with E-state index in [1.165, 1.54) is 12.1 Å². The van der Waals surface area contributed by atoms with Gasteiger partial charge in [0.1, 0.15) is 17.3 Å². The number of carbonyl (C=O) groups is 1. The number of carbonyl (C=O) groups excluding carboxylic acids is 1. The molecule has 0 unspecified atom stereocenters. The number of rotatable bonds is 6. The van der Waals surface area contributed by atoms with Crippen LogP contribution < -0.4 is 4.90 Å². The molecule has 1 saturated heterocycles. The Morgan fingerprint density at radius 2 is 1.91 bits per heavy atom. The van der Waals surface area contributed by atoms with Gasteiger partial charge < -0.3 is 14.5 Å². The van der Waals surface area contributed by atoms with Crippen LogP contribution in [0.2, 0.25) is 5.02 Å². The third-order valence-corrected chi connectivity index (χ3v) is 6.01. The normalized spacial score (nSPS) is 13.9. The van der Waals surface area contributed by atoms with Crippen LogP contribution in [0.15, 0.2) is 42.9 Å². The van der Waals surface area contributed by atoms with Crippen molar-refractivity contribution >= 4 is 23.3 Å². The number of aromatic nitrogens is 3. The average Bonchev–Trinajstić information content (AvgIpc) is 2.83. The lowest BCUT2D eigenvalue weighted by atomic mass is 10.0. The second kappa shape index (κ2) is 10.2. The highest BCUT2D eigenvalue weighted by molar-refractivity contribution is 6.33. The average molecular weight is 470 g/mol. The zero-order valence-corrected chi connectivity index (χ0v) is 19.3. The molecule has 0 aliphatic carbocycles. The third kappa shape index (κ3) is 5.12. The summed E-state index contributed by atoms with van der Waals surface area (Å²) in [5.74, 6) is 0.488. The summed E-state index contributed by atoms with van der Waals surface area (Å²) in [7, 11) is 1.59. The molecule has 1 fully saturated rings. The molecule has 1 aliphatic rings. The van der Waals surface area contributed by atoms with Crippen molar-refractivity contribution in [2.24, 2.45) is 0 Å². The van der Waals surface area contributed by atoms with E-state index in [4.69, 9.17) is 26.3 Å². The molecule has 172 valence electrons. The number of aryl methyl sites for hydroxylation is 1. The van der Waals surface area contributed by atoms with E-state index in [0.717, 1.165) is 11.1 Å². The Morgan fingerprint density at radius 3 is 2.61 bits per heavy atom. The van der Waals surface area contributed by atoms with Gasteiger partial charge in [-0.1, -0.05) is 11.6 Å². The molecule has 33 heavy (non-hydrogen) atoms. The molecule has 4 rings (SSSR count). The van der Waals surface area contributed by atoms with Gasteiger partial charge in [-0.05, 0) is 36.8 Å². The zero-order valence-electron chi connectivity index (χ0n) is 18.6. The highest BCUT2D eigenvalue weighted by atomic mass is 35.5. The van der Waals surface area contributed by atoms with Crippen molar-refractivity contribution in [3.8, 4) is 22.5 Å². The highest BCUT2D eigenvalue weighted by Crippen LogP contribution is 2.35. The molecule has 9 heteroatoms. The molecule has 1 amide bonds. The Kier molecular flexibility index (Phi) is 7.15. The van der Waals surface area contributed by atoms with Crippen molar-refractivity contribution < 1.29 is 13.9 Å². The number of halogens is 2. The van der Waals surface area contributed by atoms with E-state index >= 15 is 0 Å². The van der Waals surface area contributed by atoms with E-state index in [2.05, 4.69) is 9.88 Å². The number of pyridine rings is 1. The Labute approximate surface area is 197 Å². The van der Waals surface area contributed by atoms with E-state index in [-0.39, 0.29) is 11.7 Å². The Bertz CT molecular complexity index is 1150. The Morgan fingerprint density at radius 1 is 1.12 bits per heavy atom. The van der Waals surface area contributed by atoms with Gasteiger partial charge in [0.15, 0.2) is 0 Å². The van der Waals surface area contributed by atoms with Crippen LogP contribution in [-0.2, 0) is 9.53 Å². The quantitative estimate of drug-likeness (QED) is 0.543. The van der Waals surface area contributed by atoms with Gasteiger partial charge >= 0.3 is 0 Å². The molecule has 2 aromatic heterocycles. The summed E-state index contributed by atoms with van der Waals surface area (Å²) in [4.78, 5) is 30.0. The molecule has 0 atom stereocenters. The van der Waals surface area contributed by atoms with Gasteiger partial charge in [-0.25, -0.2) is 9.37 Å². The first-order valence-electron chi connectivity index (χ1n) is 10.7. The predicted molar refractivity (Wildman–Crippen MR) is 126 cm³/mol. The van der Waals surface area contributed by atoms with Crippen LogP contribution >= 0.6 is 11.6 Å². The van der Waals surface area contributed by atoms with Crippen LogP contribution in [-0.4, -0.2) is 65.7 Å². The molecule has 0 N–H and O–H groups in total. The zero-order chi connectivity index (χ0) is 23.4. The minimum Gasteiger partial charge on any atom is -0.384 e. The summed E-state index contributed by atoms with van der Waals surface area (Å²) in [6.45, 7) is 4.76. The number of hydrogen-bond acceptors (Lipinski definition) is 6. The monoisotopic (exact) mass is 469 g/mol. The van der Waals surface area contributed by atoms with E-state index < -0.39 is 0 Å².